The summed E-state index contributed by atoms with van der Waals surface area (Å²) in [6.45, 7) is 2.06. The number of ether oxygens (including phenoxy) is 1. The van der Waals surface area contributed by atoms with E-state index in [1.54, 1.807) is 0 Å². The fourth-order valence-corrected chi connectivity index (χ4v) is 2.17. The average Bonchev–Trinajstić information content (AvgIpc) is 2.46. The zero-order valence-electron chi connectivity index (χ0n) is 11.2. The Bertz CT molecular complexity index is 700. The molecule has 0 fully saturated rings. The minimum Gasteiger partial charge on any atom is -0.457 e. The molecule has 0 atom stereocenters. The van der Waals surface area contributed by atoms with Gasteiger partial charge in [-0.15, -0.1) is 0 Å². The van der Waals surface area contributed by atoms with Gasteiger partial charge in [0.1, 0.15) is 6.61 Å². The molecule has 0 aromatic heterocycles. The molecule has 0 radical (unpaired) electrons. The molecule has 0 spiro atoms. The van der Waals surface area contributed by atoms with E-state index in [1.807, 2.05) is 31.2 Å². The van der Waals surface area contributed by atoms with Gasteiger partial charge < -0.3 is 4.74 Å². The number of carbonyl (C=O) groups excluding carboxylic acids is 1. The summed E-state index contributed by atoms with van der Waals surface area (Å²) < 4.78 is 5.51. The molecule has 0 bridgehead atoms. The summed E-state index contributed by atoms with van der Waals surface area (Å²) in [6, 6.07) is 11.7. The Kier molecular flexibility index (Phi) is 4.70. The average molecular weight is 350 g/mol. The molecule has 2 rings (SSSR count). The van der Waals surface area contributed by atoms with Gasteiger partial charge in [-0.3, -0.25) is 10.1 Å². The molecule has 21 heavy (non-hydrogen) atoms. The van der Waals surface area contributed by atoms with Crippen LogP contribution in [0.2, 0.25) is 0 Å². The molecule has 0 saturated heterocycles. The number of nitro benzene ring substituents is 1. The van der Waals surface area contributed by atoms with Crippen LogP contribution in [0.5, 0.6) is 0 Å². The van der Waals surface area contributed by atoms with Gasteiger partial charge in [0.2, 0.25) is 0 Å². The minimum atomic E-state index is -0.589. The molecular weight excluding hydrogens is 338 g/mol. The first kappa shape index (κ1) is 15.2. The first-order valence-electron chi connectivity index (χ1n) is 6.14. The van der Waals surface area contributed by atoms with E-state index < -0.39 is 10.9 Å². The molecular formula is C15H12BrNO4. The fraction of sp³-hybridized carbons (Fsp3) is 0.133. The minimum absolute atomic E-state index is 0.134. The summed E-state index contributed by atoms with van der Waals surface area (Å²) in [5, 5.41) is 10.8. The second-order valence-corrected chi connectivity index (χ2v) is 5.28. The van der Waals surface area contributed by atoms with Gasteiger partial charge in [0.15, 0.2) is 0 Å². The number of benzene rings is 2. The summed E-state index contributed by atoms with van der Waals surface area (Å²) in [6.07, 6.45) is 0. The van der Waals surface area contributed by atoms with Gasteiger partial charge in [-0.25, -0.2) is 4.79 Å². The van der Waals surface area contributed by atoms with Crippen molar-refractivity contribution in [3.63, 3.8) is 0 Å². The lowest BCUT2D eigenvalue weighted by Crippen LogP contribution is -2.06. The standard InChI is InChI=1S/C15H12BrNO4/c1-10-4-2-3-5-12(10)9-21-15(18)11-6-7-13(16)14(8-11)17(19)20/h2-8H,9H2,1H3. The highest BCUT2D eigenvalue weighted by Gasteiger charge is 2.17. The largest absolute Gasteiger partial charge is 0.457 e. The fourth-order valence-electron chi connectivity index (χ4n) is 1.78. The highest BCUT2D eigenvalue weighted by atomic mass is 79.9. The molecule has 0 saturated carbocycles. The van der Waals surface area contributed by atoms with Crippen LogP contribution in [0.25, 0.3) is 0 Å². The molecule has 0 aliphatic rings. The first-order valence-corrected chi connectivity index (χ1v) is 6.94. The lowest BCUT2D eigenvalue weighted by Gasteiger charge is -2.07. The normalized spacial score (nSPS) is 10.2. The highest BCUT2D eigenvalue weighted by molar-refractivity contribution is 9.10. The summed E-state index contributed by atoms with van der Waals surface area (Å²) in [4.78, 5) is 22.2. The molecule has 0 unspecified atom stereocenters. The van der Waals surface area contributed by atoms with Crippen LogP contribution in [0.15, 0.2) is 46.9 Å². The number of aryl methyl sites for hydroxylation is 1. The van der Waals surface area contributed by atoms with Crippen LogP contribution >= 0.6 is 15.9 Å². The maximum absolute atomic E-state index is 12.0. The topological polar surface area (TPSA) is 69.4 Å². The van der Waals surface area contributed by atoms with Crippen LogP contribution in [0, 0.1) is 17.0 Å². The molecule has 2 aromatic rings. The maximum Gasteiger partial charge on any atom is 0.338 e. The van der Waals surface area contributed by atoms with Crippen molar-refractivity contribution in [1.82, 2.24) is 0 Å². The Labute approximate surface area is 129 Å². The van der Waals surface area contributed by atoms with Crippen molar-refractivity contribution >= 4 is 27.6 Å². The summed E-state index contributed by atoms with van der Waals surface area (Å²) in [5.74, 6) is -0.589. The first-order chi connectivity index (χ1) is 9.99. The zero-order chi connectivity index (χ0) is 15.4. The van der Waals surface area contributed by atoms with Crippen molar-refractivity contribution in [3.05, 3.63) is 73.7 Å². The van der Waals surface area contributed by atoms with E-state index in [2.05, 4.69) is 15.9 Å². The van der Waals surface area contributed by atoms with Gasteiger partial charge >= 0.3 is 5.97 Å². The Morgan fingerprint density at radius 1 is 1.29 bits per heavy atom. The number of halogens is 1. The lowest BCUT2D eigenvalue weighted by molar-refractivity contribution is -0.385. The molecule has 6 heteroatoms. The van der Waals surface area contributed by atoms with E-state index in [-0.39, 0.29) is 17.9 Å². The van der Waals surface area contributed by atoms with Gasteiger partial charge in [0.25, 0.3) is 5.69 Å². The number of carbonyl (C=O) groups is 1. The van der Waals surface area contributed by atoms with Crippen molar-refractivity contribution in [3.8, 4) is 0 Å². The van der Waals surface area contributed by atoms with Crippen molar-refractivity contribution in [1.29, 1.82) is 0 Å². The highest BCUT2D eigenvalue weighted by Crippen LogP contribution is 2.26. The number of hydrogen-bond acceptors (Lipinski definition) is 4. The summed E-state index contributed by atoms with van der Waals surface area (Å²) >= 11 is 3.07. The lowest BCUT2D eigenvalue weighted by atomic mass is 10.1. The smallest absolute Gasteiger partial charge is 0.338 e. The van der Waals surface area contributed by atoms with E-state index >= 15 is 0 Å². The predicted octanol–water partition coefficient (Wildman–Crippen LogP) is 4.02. The Hall–Kier alpha value is -2.21. The van der Waals surface area contributed by atoms with E-state index in [9.17, 15) is 14.9 Å². The van der Waals surface area contributed by atoms with E-state index in [0.717, 1.165) is 11.1 Å². The third-order valence-electron chi connectivity index (χ3n) is 3.00. The van der Waals surface area contributed by atoms with Crippen LogP contribution in [-0.4, -0.2) is 10.9 Å². The van der Waals surface area contributed by atoms with E-state index in [4.69, 9.17) is 4.74 Å². The Morgan fingerprint density at radius 3 is 2.67 bits per heavy atom. The van der Waals surface area contributed by atoms with Crippen LogP contribution < -0.4 is 0 Å². The van der Waals surface area contributed by atoms with E-state index in [1.165, 1.54) is 18.2 Å². The predicted molar refractivity (Wildman–Crippen MR) is 81.1 cm³/mol. The molecule has 0 aliphatic heterocycles. The van der Waals surface area contributed by atoms with Crippen molar-refractivity contribution < 1.29 is 14.5 Å². The quantitative estimate of drug-likeness (QED) is 0.474. The van der Waals surface area contributed by atoms with Crippen molar-refractivity contribution in [2.75, 3.05) is 0 Å². The molecule has 0 heterocycles. The van der Waals surface area contributed by atoms with Crippen molar-refractivity contribution in [2.45, 2.75) is 13.5 Å². The SMILES string of the molecule is Cc1ccccc1COC(=O)c1ccc(Br)c([N+](=O)[O-])c1. The number of esters is 1. The number of hydrogen-bond donors (Lipinski definition) is 0. The zero-order valence-corrected chi connectivity index (χ0v) is 12.8. The molecule has 2 aromatic carbocycles. The summed E-state index contributed by atoms with van der Waals surface area (Å²) in [5.41, 5.74) is 1.91. The van der Waals surface area contributed by atoms with Gasteiger partial charge in [-0.1, -0.05) is 24.3 Å². The number of rotatable bonds is 4. The van der Waals surface area contributed by atoms with E-state index in [0.29, 0.717) is 4.47 Å². The number of nitrogens with zero attached hydrogens (tertiary/aromatic N) is 1. The second-order valence-electron chi connectivity index (χ2n) is 4.43. The van der Waals surface area contributed by atoms with Gasteiger partial charge in [-0.2, -0.15) is 0 Å². The Morgan fingerprint density at radius 2 is 2.00 bits per heavy atom. The van der Waals surface area contributed by atoms with Gasteiger partial charge in [0, 0.05) is 6.07 Å². The monoisotopic (exact) mass is 349 g/mol. The molecule has 0 N–H and O–H groups in total. The van der Waals surface area contributed by atoms with Crippen LogP contribution in [0.1, 0.15) is 21.5 Å². The van der Waals surface area contributed by atoms with Crippen LogP contribution in [0.3, 0.4) is 0 Å². The second kappa shape index (κ2) is 6.49. The van der Waals surface area contributed by atoms with Gasteiger partial charge in [-0.05, 0) is 46.1 Å². The molecule has 0 amide bonds. The molecule has 0 aliphatic carbocycles. The summed E-state index contributed by atoms with van der Waals surface area (Å²) in [7, 11) is 0. The number of nitro groups is 1. The Balaban J connectivity index is 2.12. The third-order valence-corrected chi connectivity index (χ3v) is 3.67. The molecule has 108 valence electrons. The third kappa shape index (κ3) is 3.66. The molecule has 5 nitrogen and oxygen atoms in total. The van der Waals surface area contributed by atoms with Gasteiger partial charge in [0.05, 0.1) is 15.0 Å². The van der Waals surface area contributed by atoms with Crippen LogP contribution in [-0.2, 0) is 11.3 Å². The van der Waals surface area contributed by atoms with Crippen LogP contribution in [0.4, 0.5) is 5.69 Å². The van der Waals surface area contributed by atoms with Crippen molar-refractivity contribution in [2.24, 2.45) is 0 Å². The maximum atomic E-state index is 12.0.